The van der Waals surface area contributed by atoms with Gasteiger partial charge in [0, 0.05) is 23.9 Å². The molecular weight excluding hydrogens is 290 g/mol. The number of nitrogens with one attached hydrogen (secondary N) is 1. The molecule has 0 amide bonds. The van der Waals surface area contributed by atoms with Gasteiger partial charge in [0.15, 0.2) is 16.5 Å². The van der Waals surface area contributed by atoms with Gasteiger partial charge in [-0.1, -0.05) is 12.1 Å². The van der Waals surface area contributed by atoms with Gasteiger partial charge in [-0.05, 0) is 30.3 Å². The molecule has 110 valence electrons. The lowest BCUT2D eigenvalue weighted by molar-refractivity contribution is 0.103. The van der Waals surface area contributed by atoms with E-state index < -0.39 is 10.7 Å². The number of ketones is 1. The summed E-state index contributed by atoms with van der Waals surface area (Å²) < 4.78 is 27.8. The number of thiol groups is 1. The number of hydrogen-bond acceptors (Lipinski definition) is 5. The summed E-state index contributed by atoms with van der Waals surface area (Å²) in [7, 11) is 0.247. The highest BCUT2D eigenvalue weighted by atomic mass is 32.2. The molecule has 0 atom stereocenters. The predicted octanol–water partition coefficient (Wildman–Crippen LogP) is 1.94. The number of anilines is 1. The van der Waals surface area contributed by atoms with Crippen LogP contribution in [0, 0.1) is 0 Å². The van der Waals surface area contributed by atoms with Crippen LogP contribution in [0.25, 0.3) is 0 Å². The summed E-state index contributed by atoms with van der Waals surface area (Å²) >= 11 is 0. The standard InChI is InChI=1S/C15H15NO4S/c1-16-13-6-4-3-5-11(13)15(17)12-8-7-10(20-2)9-14(12)21(18)19/h3-9,16,21H,1-2H3. The molecule has 0 spiro atoms. The maximum absolute atomic E-state index is 12.6. The van der Waals surface area contributed by atoms with Crippen molar-refractivity contribution in [3.63, 3.8) is 0 Å². The van der Waals surface area contributed by atoms with Crippen LogP contribution in [0.5, 0.6) is 5.75 Å². The van der Waals surface area contributed by atoms with Crippen molar-refractivity contribution in [3.8, 4) is 5.75 Å². The van der Waals surface area contributed by atoms with Gasteiger partial charge in [-0.2, -0.15) is 0 Å². The highest BCUT2D eigenvalue weighted by molar-refractivity contribution is 7.72. The first kappa shape index (κ1) is 15.1. The van der Waals surface area contributed by atoms with Crippen molar-refractivity contribution in [2.24, 2.45) is 0 Å². The Bertz CT molecular complexity index is 745. The van der Waals surface area contributed by atoms with E-state index in [4.69, 9.17) is 4.74 Å². The Morgan fingerprint density at radius 1 is 1.10 bits per heavy atom. The summed E-state index contributed by atoms with van der Waals surface area (Å²) in [5.74, 6) is 0.0412. The van der Waals surface area contributed by atoms with Crippen molar-refractivity contribution in [2.45, 2.75) is 4.90 Å². The summed E-state index contributed by atoms with van der Waals surface area (Å²) in [4.78, 5) is 12.6. The number of carbonyl (C=O) groups is 1. The van der Waals surface area contributed by atoms with Crippen molar-refractivity contribution in [1.29, 1.82) is 0 Å². The normalized spacial score (nSPS) is 10.4. The van der Waals surface area contributed by atoms with Crippen LogP contribution in [-0.4, -0.2) is 28.4 Å². The van der Waals surface area contributed by atoms with Crippen LogP contribution in [0.4, 0.5) is 5.69 Å². The summed E-state index contributed by atoms with van der Waals surface area (Å²) in [6, 6.07) is 11.3. The van der Waals surface area contributed by atoms with Crippen LogP contribution >= 0.6 is 0 Å². The predicted molar refractivity (Wildman–Crippen MR) is 81.0 cm³/mol. The number of rotatable bonds is 5. The lowest BCUT2D eigenvalue weighted by atomic mass is 10.0. The van der Waals surface area contributed by atoms with Crippen LogP contribution < -0.4 is 10.1 Å². The van der Waals surface area contributed by atoms with Gasteiger partial charge in [0.05, 0.1) is 12.0 Å². The van der Waals surface area contributed by atoms with Crippen molar-refractivity contribution >= 4 is 22.2 Å². The average Bonchev–Trinajstić information content (AvgIpc) is 2.53. The van der Waals surface area contributed by atoms with E-state index in [0.29, 0.717) is 17.0 Å². The Hall–Kier alpha value is -2.34. The van der Waals surface area contributed by atoms with Gasteiger partial charge in [-0.15, -0.1) is 0 Å². The fourth-order valence-corrected chi connectivity index (χ4v) is 2.63. The minimum absolute atomic E-state index is 0.0414. The zero-order valence-corrected chi connectivity index (χ0v) is 12.5. The molecule has 0 heterocycles. The highest BCUT2D eigenvalue weighted by Gasteiger charge is 2.18. The number of hydrogen-bond donors (Lipinski definition) is 2. The van der Waals surface area contributed by atoms with Gasteiger partial charge in [-0.25, -0.2) is 8.42 Å². The molecule has 0 aliphatic carbocycles. The zero-order valence-electron chi connectivity index (χ0n) is 11.6. The van der Waals surface area contributed by atoms with Crippen molar-refractivity contribution < 1.29 is 17.9 Å². The zero-order chi connectivity index (χ0) is 15.4. The van der Waals surface area contributed by atoms with E-state index in [2.05, 4.69) is 5.32 Å². The Morgan fingerprint density at radius 2 is 1.81 bits per heavy atom. The van der Waals surface area contributed by atoms with Crippen LogP contribution in [0.15, 0.2) is 47.4 Å². The Balaban J connectivity index is 2.58. The first-order valence-corrected chi connectivity index (χ1v) is 7.40. The van der Waals surface area contributed by atoms with Crippen molar-refractivity contribution in [1.82, 2.24) is 0 Å². The highest BCUT2D eigenvalue weighted by Crippen LogP contribution is 2.24. The van der Waals surface area contributed by atoms with E-state index in [-0.39, 0.29) is 16.2 Å². The molecule has 0 radical (unpaired) electrons. The third-order valence-electron chi connectivity index (χ3n) is 3.09. The molecule has 0 unspecified atom stereocenters. The third-order valence-corrected chi connectivity index (χ3v) is 3.85. The number of ether oxygens (including phenoxy) is 1. The molecule has 5 nitrogen and oxygen atoms in total. The summed E-state index contributed by atoms with van der Waals surface area (Å²) in [5.41, 5.74) is 1.20. The lowest BCUT2D eigenvalue weighted by Gasteiger charge is -2.10. The molecule has 0 bridgehead atoms. The van der Waals surface area contributed by atoms with Gasteiger partial charge >= 0.3 is 0 Å². The topological polar surface area (TPSA) is 72.5 Å². The SMILES string of the molecule is CNc1ccccc1C(=O)c1ccc(OC)cc1[SH](=O)=O. The first-order valence-electron chi connectivity index (χ1n) is 6.22. The van der Waals surface area contributed by atoms with Crippen LogP contribution in [0.2, 0.25) is 0 Å². The number of para-hydroxylation sites is 1. The van der Waals surface area contributed by atoms with Crippen LogP contribution in [-0.2, 0) is 10.7 Å². The van der Waals surface area contributed by atoms with Crippen LogP contribution in [0.3, 0.4) is 0 Å². The molecule has 0 saturated carbocycles. The van der Waals surface area contributed by atoms with Gasteiger partial charge in [0.1, 0.15) is 5.75 Å². The fourth-order valence-electron chi connectivity index (χ4n) is 2.03. The molecule has 0 aliphatic rings. The molecule has 0 aromatic heterocycles. The Kier molecular flexibility index (Phi) is 4.59. The molecule has 6 heteroatoms. The van der Waals surface area contributed by atoms with E-state index in [1.807, 2.05) is 0 Å². The van der Waals surface area contributed by atoms with Crippen molar-refractivity contribution in [3.05, 3.63) is 53.6 Å². The second kappa shape index (κ2) is 6.41. The monoisotopic (exact) mass is 305 g/mol. The smallest absolute Gasteiger partial charge is 0.196 e. The molecule has 1 N–H and O–H groups in total. The maximum Gasteiger partial charge on any atom is 0.196 e. The summed E-state index contributed by atoms with van der Waals surface area (Å²) in [5, 5.41) is 2.92. The molecule has 0 aliphatic heterocycles. The Morgan fingerprint density at radius 3 is 2.43 bits per heavy atom. The largest absolute Gasteiger partial charge is 0.497 e. The minimum Gasteiger partial charge on any atom is -0.497 e. The molecule has 21 heavy (non-hydrogen) atoms. The molecule has 2 aromatic carbocycles. The maximum atomic E-state index is 12.6. The summed E-state index contributed by atoms with van der Waals surface area (Å²) in [6.07, 6.45) is 0. The lowest BCUT2D eigenvalue weighted by Crippen LogP contribution is -2.08. The number of carbonyl (C=O) groups excluding carboxylic acids is 1. The first-order chi connectivity index (χ1) is 10.1. The van der Waals surface area contributed by atoms with Gasteiger partial charge in [0.2, 0.25) is 0 Å². The molecular formula is C15H15NO4S. The minimum atomic E-state index is -2.90. The van der Waals surface area contributed by atoms with E-state index in [9.17, 15) is 13.2 Å². The van der Waals surface area contributed by atoms with E-state index in [0.717, 1.165) is 0 Å². The quantitative estimate of drug-likeness (QED) is 0.652. The van der Waals surface area contributed by atoms with E-state index >= 15 is 0 Å². The fraction of sp³-hybridized carbons (Fsp3) is 0.133. The van der Waals surface area contributed by atoms with Gasteiger partial charge in [-0.3, -0.25) is 4.79 Å². The Labute approximate surface area is 124 Å². The number of methoxy groups -OCH3 is 1. The van der Waals surface area contributed by atoms with E-state index in [1.54, 1.807) is 37.4 Å². The van der Waals surface area contributed by atoms with Crippen molar-refractivity contribution in [2.75, 3.05) is 19.5 Å². The second-order valence-electron chi connectivity index (χ2n) is 4.26. The molecule has 0 saturated heterocycles. The summed E-state index contributed by atoms with van der Waals surface area (Å²) in [6.45, 7) is 0. The van der Waals surface area contributed by atoms with Gasteiger partial charge < -0.3 is 10.1 Å². The molecule has 2 rings (SSSR count). The molecule has 2 aromatic rings. The number of benzene rings is 2. The third kappa shape index (κ3) is 3.05. The average molecular weight is 305 g/mol. The van der Waals surface area contributed by atoms with Gasteiger partial charge in [0.25, 0.3) is 0 Å². The van der Waals surface area contributed by atoms with Crippen LogP contribution in [0.1, 0.15) is 15.9 Å². The second-order valence-corrected chi connectivity index (χ2v) is 5.26. The molecule has 0 fully saturated rings. The van der Waals surface area contributed by atoms with E-state index in [1.165, 1.54) is 19.2 Å².